The Morgan fingerprint density at radius 3 is 2.12 bits per heavy atom. The maximum absolute atomic E-state index is 10.8. The van der Waals surface area contributed by atoms with Crippen LogP contribution in [0, 0.1) is 0 Å². The molecule has 1 aromatic rings. The molecule has 86 valence electrons. The van der Waals surface area contributed by atoms with E-state index in [-0.39, 0.29) is 10.9 Å². The van der Waals surface area contributed by atoms with Crippen LogP contribution in [0.5, 0.6) is 0 Å². The predicted octanol–water partition coefficient (Wildman–Crippen LogP) is 2.99. The summed E-state index contributed by atoms with van der Waals surface area (Å²) in [6, 6.07) is 8.09. The van der Waals surface area contributed by atoms with Crippen LogP contribution in [0.2, 0.25) is 0 Å². The van der Waals surface area contributed by atoms with Gasteiger partial charge in [-0.1, -0.05) is 36.0 Å². The molecule has 0 N–H and O–H groups in total. The number of thioether (sulfide) groups is 1. The first-order chi connectivity index (χ1) is 7.58. The third kappa shape index (κ3) is 5.12. The molecule has 1 aromatic carbocycles. The topological polar surface area (TPSA) is 34.1 Å². The lowest BCUT2D eigenvalue weighted by atomic mass is 10.1. The Morgan fingerprint density at radius 2 is 1.62 bits per heavy atom. The summed E-state index contributed by atoms with van der Waals surface area (Å²) in [5.41, 5.74) is 2.32. The van der Waals surface area contributed by atoms with Crippen LogP contribution < -0.4 is 0 Å². The van der Waals surface area contributed by atoms with Gasteiger partial charge >= 0.3 is 0 Å². The molecule has 1 rings (SSSR count). The van der Waals surface area contributed by atoms with Crippen LogP contribution in [0.25, 0.3) is 0 Å². The maximum Gasteiger partial charge on any atom is 0.186 e. The van der Waals surface area contributed by atoms with E-state index in [1.54, 1.807) is 13.8 Å². The summed E-state index contributed by atoms with van der Waals surface area (Å²) >= 11 is 1.32. The number of benzene rings is 1. The first kappa shape index (κ1) is 13.0. The molecule has 2 nitrogen and oxygen atoms in total. The van der Waals surface area contributed by atoms with Crippen molar-refractivity contribution < 1.29 is 9.59 Å². The molecule has 0 aliphatic carbocycles. The molecule has 0 aromatic heterocycles. The van der Waals surface area contributed by atoms with Gasteiger partial charge in [-0.2, -0.15) is 0 Å². The lowest BCUT2D eigenvalue weighted by Crippen LogP contribution is -1.94. The summed E-state index contributed by atoms with van der Waals surface area (Å²) in [5.74, 6) is 0.943. The molecule has 0 fully saturated rings. The van der Waals surface area contributed by atoms with Gasteiger partial charge in [0, 0.05) is 19.1 Å². The number of hydrogen-bond donors (Lipinski definition) is 0. The fourth-order valence-electron chi connectivity index (χ4n) is 1.31. The zero-order valence-corrected chi connectivity index (χ0v) is 10.5. The van der Waals surface area contributed by atoms with E-state index in [1.165, 1.54) is 17.3 Å². The van der Waals surface area contributed by atoms with Crippen molar-refractivity contribution in [2.45, 2.75) is 32.4 Å². The van der Waals surface area contributed by atoms with Gasteiger partial charge in [-0.25, -0.2) is 0 Å². The first-order valence-electron chi connectivity index (χ1n) is 5.28. The minimum absolute atomic E-state index is 0.139. The summed E-state index contributed by atoms with van der Waals surface area (Å²) in [6.07, 6.45) is 1.40. The SMILES string of the molecule is CC(=O)CCc1ccc(CSC(C)=O)cc1. The van der Waals surface area contributed by atoms with Crippen LogP contribution >= 0.6 is 11.8 Å². The number of aryl methyl sites for hydroxylation is 1. The zero-order valence-electron chi connectivity index (χ0n) is 9.66. The van der Waals surface area contributed by atoms with Crippen molar-refractivity contribution in [1.29, 1.82) is 0 Å². The van der Waals surface area contributed by atoms with Crippen molar-refractivity contribution in [2.24, 2.45) is 0 Å². The molecule has 0 heterocycles. The van der Waals surface area contributed by atoms with Crippen LogP contribution in [-0.2, 0) is 21.8 Å². The van der Waals surface area contributed by atoms with E-state index in [0.717, 1.165) is 17.7 Å². The summed E-state index contributed by atoms with van der Waals surface area (Å²) in [5, 5.41) is 0.139. The van der Waals surface area contributed by atoms with Gasteiger partial charge in [0.15, 0.2) is 5.12 Å². The van der Waals surface area contributed by atoms with Gasteiger partial charge in [0.2, 0.25) is 0 Å². The highest BCUT2D eigenvalue weighted by molar-refractivity contribution is 8.12. The van der Waals surface area contributed by atoms with E-state index >= 15 is 0 Å². The molecule has 0 aliphatic heterocycles. The van der Waals surface area contributed by atoms with E-state index in [2.05, 4.69) is 0 Å². The van der Waals surface area contributed by atoms with Crippen molar-refractivity contribution in [1.82, 2.24) is 0 Å². The van der Waals surface area contributed by atoms with E-state index in [9.17, 15) is 9.59 Å². The van der Waals surface area contributed by atoms with Gasteiger partial charge in [0.1, 0.15) is 5.78 Å². The number of carbonyl (C=O) groups excluding carboxylic acids is 2. The molecular formula is C13H16O2S. The van der Waals surface area contributed by atoms with Crippen LogP contribution in [-0.4, -0.2) is 10.9 Å². The van der Waals surface area contributed by atoms with Crippen LogP contribution in [0.1, 0.15) is 31.4 Å². The standard InChI is InChI=1S/C13H16O2S/c1-10(14)3-4-12-5-7-13(8-6-12)9-16-11(2)15/h5-8H,3-4,9H2,1-2H3. The molecular weight excluding hydrogens is 220 g/mol. The van der Waals surface area contributed by atoms with Crippen LogP contribution in [0.15, 0.2) is 24.3 Å². The fourth-order valence-corrected chi connectivity index (χ4v) is 1.87. The quantitative estimate of drug-likeness (QED) is 0.788. The van der Waals surface area contributed by atoms with Crippen molar-refractivity contribution in [3.8, 4) is 0 Å². The molecule has 0 radical (unpaired) electrons. The zero-order chi connectivity index (χ0) is 12.0. The van der Waals surface area contributed by atoms with Gasteiger partial charge in [-0.05, 0) is 24.5 Å². The first-order valence-corrected chi connectivity index (χ1v) is 6.27. The second-order valence-electron chi connectivity index (χ2n) is 3.80. The number of rotatable bonds is 5. The third-order valence-corrected chi connectivity index (χ3v) is 3.12. The van der Waals surface area contributed by atoms with Crippen molar-refractivity contribution in [3.05, 3.63) is 35.4 Å². The molecule has 3 heteroatoms. The van der Waals surface area contributed by atoms with E-state index in [0.29, 0.717) is 6.42 Å². The summed E-state index contributed by atoms with van der Waals surface area (Å²) in [7, 11) is 0. The molecule has 16 heavy (non-hydrogen) atoms. The smallest absolute Gasteiger partial charge is 0.186 e. The highest BCUT2D eigenvalue weighted by atomic mass is 32.2. The van der Waals surface area contributed by atoms with E-state index < -0.39 is 0 Å². The lowest BCUT2D eigenvalue weighted by Gasteiger charge is -2.02. The predicted molar refractivity (Wildman–Crippen MR) is 67.4 cm³/mol. The van der Waals surface area contributed by atoms with Gasteiger partial charge < -0.3 is 4.79 Å². The Morgan fingerprint density at radius 1 is 1.06 bits per heavy atom. The highest BCUT2D eigenvalue weighted by Crippen LogP contribution is 2.14. The summed E-state index contributed by atoms with van der Waals surface area (Å²) in [4.78, 5) is 21.6. The van der Waals surface area contributed by atoms with Gasteiger partial charge in [-0.3, -0.25) is 4.79 Å². The summed E-state index contributed by atoms with van der Waals surface area (Å²) < 4.78 is 0. The minimum Gasteiger partial charge on any atom is -0.300 e. The maximum atomic E-state index is 10.8. The molecule has 0 aliphatic rings. The number of ketones is 1. The molecule has 0 saturated carbocycles. The van der Waals surface area contributed by atoms with Gasteiger partial charge in [0.05, 0.1) is 0 Å². The summed E-state index contributed by atoms with van der Waals surface area (Å²) in [6.45, 7) is 3.18. The molecule has 0 atom stereocenters. The van der Waals surface area contributed by atoms with Gasteiger partial charge in [0.25, 0.3) is 0 Å². The minimum atomic E-state index is 0.139. The van der Waals surface area contributed by atoms with Crippen LogP contribution in [0.4, 0.5) is 0 Å². The normalized spacial score (nSPS) is 10.1. The molecule has 0 bridgehead atoms. The lowest BCUT2D eigenvalue weighted by molar-refractivity contribution is -0.117. The third-order valence-electron chi connectivity index (χ3n) is 2.23. The fraction of sp³-hybridized carbons (Fsp3) is 0.385. The van der Waals surface area contributed by atoms with Crippen molar-refractivity contribution in [3.63, 3.8) is 0 Å². The Labute approximate surface area is 100 Å². The van der Waals surface area contributed by atoms with E-state index in [4.69, 9.17) is 0 Å². The Balaban J connectivity index is 2.47. The largest absolute Gasteiger partial charge is 0.300 e. The average Bonchev–Trinajstić information content (AvgIpc) is 2.25. The average molecular weight is 236 g/mol. The number of hydrogen-bond acceptors (Lipinski definition) is 3. The molecule has 0 saturated heterocycles. The molecule has 0 unspecified atom stereocenters. The Kier molecular flexibility index (Phi) is 5.26. The molecule has 0 amide bonds. The second kappa shape index (κ2) is 6.48. The van der Waals surface area contributed by atoms with Gasteiger partial charge in [-0.15, -0.1) is 0 Å². The number of carbonyl (C=O) groups is 2. The van der Waals surface area contributed by atoms with Crippen molar-refractivity contribution in [2.75, 3.05) is 0 Å². The molecule has 0 spiro atoms. The van der Waals surface area contributed by atoms with E-state index in [1.807, 2.05) is 24.3 Å². The highest BCUT2D eigenvalue weighted by Gasteiger charge is 1.99. The Bertz CT molecular complexity index is 331. The van der Waals surface area contributed by atoms with Crippen LogP contribution in [0.3, 0.4) is 0 Å². The Hall–Kier alpha value is -1.09. The second-order valence-corrected chi connectivity index (χ2v) is 4.95. The van der Waals surface area contributed by atoms with Crippen molar-refractivity contribution >= 4 is 22.7 Å². The monoisotopic (exact) mass is 236 g/mol. The number of Topliss-reactive ketones (excluding diaryl/α,β-unsaturated/α-hetero) is 1.